The summed E-state index contributed by atoms with van der Waals surface area (Å²) < 4.78 is 0. The van der Waals surface area contributed by atoms with Gasteiger partial charge in [-0.15, -0.1) is 0 Å². The normalized spacial score (nSPS) is 9.27. The molecule has 1 N–H and O–H groups in total. The molecule has 4 heteroatoms. The molecule has 0 radical (unpaired) electrons. The second-order valence-corrected chi connectivity index (χ2v) is 2.09. The average molecular weight is 151 g/mol. The second kappa shape index (κ2) is 3.09. The fraction of sp³-hybridized carbons (Fsp3) is 0.286. The van der Waals surface area contributed by atoms with Gasteiger partial charge < -0.3 is 5.32 Å². The SMILES string of the molecule is CNc1cnc(C(C)=O)cn1. The molecule has 0 spiro atoms. The van der Waals surface area contributed by atoms with E-state index in [2.05, 4.69) is 15.3 Å². The number of rotatable bonds is 2. The Labute approximate surface area is 64.7 Å². The van der Waals surface area contributed by atoms with Crippen molar-refractivity contribution in [3.8, 4) is 0 Å². The van der Waals surface area contributed by atoms with Crippen LogP contribution in [0.4, 0.5) is 5.82 Å². The molecule has 1 aromatic heterocycles. The molecule has 4 nitrogen and oxygen atoms in total. The van der Waals surface area contributed by atoms with Gasteiger partial charge in [-0.3, -0.25) is 4.79 Å². The Balaban J connectivity index is 2.91. The minimum Gasteiger partial charge on any atom is -0.372 e. The lowest BCUT2D eigenvalue weighted by Crippen LogP contribution is -1.99. The first-order chi connectivity index (χ1) is 5.24. The van der Waals surface area contributed by atoms with Gasteiger partial charge in [0.1, 0.15) is 11.5 Å². The van der Waals surface area contributed by atoms with E-state index in [9.17, 15) is 4.79 Å². The highest BCUT2D eigenvalue weighted by molar-refractivity contribution is 5.91. The monoisotopic (exact) mass is 151 g/mol. The van der Waals surface area contributed by atoms with E-state index in [4.69, 9.17) is 0 Å². The molecule has 0 bridgehead atoms. The lowest BCUT2D eigenvalue weighted by molar-refractivity contribution is 0.101. The number of nitrogens with zero attached hydrogens (tertiary/aromatic N) is 2. The van der Waals surface area contributed by atoms with Crippen LogP contribution in [0, 0.1) is 0 Å². The lowest BCUT2D eigenvalue weighted by Gasteiger charge is -1.97. The minimum absolute atomic E-state index is 0.0693. The van der Waals surface area contributed by atoms with Crippen LogP contribution in [0.5, 0.6) is 0 Å². The van der Waals surface area contributed by atoms with Crippen LogP contribution in [0.3, 0.4) is 0 Å². The third-order valence-electron chi connectivity index (χ3n) is 1.27. The van der Waals surface area contributed by atoms with Gasteiger partial charge in [0.15, 0.2) is 5.78 Å². The van der Waals surface area contributed by atoms with E-state index in [1.165, 1.54) is 19.3 Å². The number of ketones is 1. The molecule has 0 aliphatic heterocycles. The van der Waals surface area contributed by atoms with E-state index < -0.39 is 0 Å². The van der Waals surface area contributed by atoms with Gasteiger partial charge in [0.25, 0.3) is 0 Å². The molecule has 0 unspecified atom stereocenters. The molecular formula is C7H9N3O. The van der Waals surface area contributed by atoms with Crippen molar-refractivity contribution in [2.75, 3.05) is 12.4 Å². The number of hydrogen-bond donors (Lipinski definition) is 1. The van der Waals surface area contributed by atoms with Crippen molar-refractivity contribution in [2.24, 2.45) is 0 Å². The molecule has 0 fully saturated rings. The van der Waals surface area contributed by atoms with Crippen molar-refractivity contribution in [3.63, 3.8) is 0 Å². The highest BCUT2D eigenvalue weighted by atomic mass is 16.1. The summed E-state index contributed by atoms with van der Waals surface area (Å²) in [5.74, 6) is 0.593. The van der Waals surface area contributed by atoms with Crippen molar-refractivity contribution >= 4 is 11.6 Å². The van der Waals surface area contributed by atoms with Gasteiger partial charge in [0.05, 0.1) is 12.4 Å². The Morgan fingerprint density at radius 1 is 1.45 bits per heavy atom. The van der Waals surface area contributed by atoms with Crippen molar-refractivity contribution in [2.45, 2.75) is 6.92 Å². The predicted molar refractivity (Wildman–Crippen MR) is 41.6 cm³/mol. The second-order valence-electron chi connectivity index (χ2n) is 2.09. The lowest BCUT2D eigenvalue weighted by atomic mass is 10.3. The molecular weight excluding hydrogens is 142 g/mol. The topological polar surface area (TPSA) is 54.9 Å². The standard InChI is InChI=1S/C7H9N3O/c1-5(11)6-3-10-7(8-2)4-9-6/h3-4H,1-2H3,(H,8,10). The summed E-state index contributed by atoms with van der Waals surface area (Å²) in [6.07, 6.45) is 2.98. The van der Waals surface area contributed by atoms with Crippen LogP contribution in [0.15, 0.2) is 12.4 Å². The van der Waals surface area contributed by atoms with Crippen molar-refractivity contribution in [1.29, 1.82) is 0 Å². The van der Waals surface area contributed by atoms with Gasteiger partial charge in [0, 0.05) is 14.0 Å². The Morgan fingerprint density at radius 3 is 2.55 bits per heavy atom. The third-order valence-corrected chi connectivity index (χ3v) is 1.27. The van der Waals surface area contributed by atoms with Crippen LogP contribution in [0.25, 0.3) is 0 Å². The molecule has 11 heavy (non-hydrogen) atoms. The summed E-state index contributed by atoms with van der Waals surface area (Å²) in [5, 5.41) is 2.81. The first-order valence-corrected chi connectivity index (χ1v) is 3.25. The van der Waals surface area contributed by atoms with Crippen LogP contribution >= 0.6 is 0 Å². The fourth-order valence-corrected chi connectivity index (χ4v) is 0.639. The summed E-state index contributed by atoms with van der Waals surface area (Å²) in [6.45, 7) is 1.46. The summed E-state index contributed by atoms with van der Waals surface area (Å²) in [7, 11) is 1.75. The van der Waals surface area contributed by atoms with E-state index >= 15 is 0 Å². The summed E-state index contributed by atoms with van der Waals surface area (Å²) in [5.41, 5.74) is 0.393. The highest BCUT2D eigenvalue weighted by Crippen LogP contribution is 1.99. The van der Waals surface area contributed by atoms with Gasteiger partial charge in [-0.2, -0.15) is 0 Å². The number of carbonyl (C=O) groups is 1. The molecule has 0 amide bonds. The van der Waals surface area contributed by atoms with Gasteiger partial charge in [-0.25, -0.2) is 9.97 Å². The van der Waals surface area contributed by atoms with Gasteiger partial charge in [0.2, 0.25) is 0 Å². The number of aromatic nitrogens is 2. The molecule has 0 saturated heterocycles. The largest absolute Gasteiger partial charge is 0.372 e. The van der Waals surface area contributed by atoms with E-state index in [1.54, 1.807) is 7.05 Å². The van der Waals surface area contributed by atoms with Crippen LogP contribution in [-0.4, -0.2) is 22.8 Å². The molecule has 1 rings (SSSR count). The Morgan fingerprint density at radius 2 is 2.18 bits per heavy atom. The first-order valence-electron chi connectivity index (χ1n) is 3.25. The number of Topliss-reactive ketones (excluding diaryl/α,β-unsaturated/α-hetero) is 1. The summed E-state index contributed by atoms with van der Waals surface area (Å²) >= 11 is 0. The first kappa shape index (κ1) is 7.65. The zero-order valence-corrected chi connectivity index (χ0v) is 6.46. The number of carbonyl (C=O) groups excluding carboxylic acids is 1. The van der Waals surface area contributed by atoms with Crippen molar-refractivity contribution in [1.82, 2.24) is 9.97 Å². The average Bonchev–Trinajstić information content (AvgIpc) is 2.05. The maximum Gasteiger partial charge on any atom is 0.179 e. The smallest absolute Gasteiger partial charge is 0.179 e. The molecule has 0 saturated carbocycles. The van der Waals surface area contributed by atoms with E-state index in [1.807, 2.05) is 0 Å². The molecule has 0 atom stereocenters. The fourth-order valence-electron chi connectivity index (χ4n) is 0.639. The Kier molecular flexibility index (Phi) is 2.15. The van der Waals surface area contributed by atoms with Crippen LogP contribution in [0.1, 0.15) is 17.4 Å². The number of hydrogen-bond acceptors (Lipinski definition) is 4. The summed E-state index contributed by atoms with van der Waals surface area (Å²) in [4.78, 5) is 18.5. The van der Waals surface area contributed by atoms with Crippen molar-refractivity contribution in [3.05, 3.63) is 18.1 Å². The molecule has 58 valence electrons. The van der Waals surface area contributed by atoms with Crippen LogP contribution in [0.2, 0.25) is 0 Å². The molecule has 0 aliphatic carbocycles. The maximum absolute atomic E-state index is 10.7. The van der Waals surface area contributed by atoms with Crippen molar-refractivity contribution < 1.29 is 4.79 Å². The minimum atomic E-state index is -0.0693. The third kappa shape index (κ3) is 1.73. The zero-order valence-electron chi connectivity index (χ0n) is 6.46. The van der Waals surface area contributed by atoms with E-state index in [-0.39, 0.29) is 5.78 Å². The summed E-state index contributed by atoms with van der Waals surface area (Å²) in [6, 6.07) is 0. The maximum atomic E-state index is 10.7. The van der Waals surface area contributed by atoms with Gasteiger partial charge in [-0.1, -0.05) is 0 Å². The number of anilines is 1. The quantitative estimate of drug-likeness (QED) is 0.633. The number of nitrogens with one attached hydrogen (secondary N) is 1. The van der Waals surface area contributed by atoms with Gasteiger partial charge >= 0.3 is 0 Å². The Bertz CT molecular complexity index is 255. The zero-order chi connectivity index (χ0) is 8.27. The molecule has 0 aliphatic rings. The highest BCUT2D eigenvalue weighted by Gasteiger charge is 1.99. The molecule has 1 heterocycles. The predicted octanol–water partition coefficient (Wildman–Crippen LogP) is 0.721. The Hall–Kier alpha value is -1.45. The molecule has 1 aromatic rings. The van der Waals surface area contributed by atoms with Crippen LogP contribution in [-0.2, 0) is 0 Å². The molecule has 0 aromatic carbocycles. The van der Waals surface area contributed by atoms with Crippen LogP contribution < -0.4 is 5.32 Å². The van der Waals surface area contributed by atoms with E-state index in [0.29, 0.717) is 11.5 Å². The van der Waals surface area contributed by atoms with E-state index in [0.717, 1.165) is 0 Å². The van der Waals surface area contributed by atoms with Gasteiger partial charge in [-0.05, 0) is 0 Å².